The van der Waals surface area contributed by atoms with Crippen LogP contribution in [0.4, 0.5) is 0 Å². The van der Waals surface area contributed by atoms with Crippen LogP contribution in [-0.2, 0) is 0 Å². The monoisotopic (exact) mass is 278 g/mol. The highest BCUT2D eigenvalue weighted by Gasteiger charge is 2.06. The largest absolute Gasteiger partial charge is 0.409 e. The van der Waals surface area contributed by atoms with Crippen LogP contribution in [0, 0.1) is 6.92 Å². The summed E-state index contributed by atoms with van der Waals surface area (Å²) in [6, 6.07) is 7.51. The van der Waals surface area contributed by atoms with Gasteiger partial charge in [0.2, 0.25) is 0 Å². The van der Waals surface area contributed by atoms with Crippen molar-refractivity contribution in [3.63, 3.8) is 0 Å². The van der Waals surface area contributed by atoms with Crippen LogP contribution < -0.4 is 16.4 Å². The second-order valence-corrected chi connectivity index (χ2v) is 4.77. The molecule has 0 aliphatic heterocycles. The van der Waals surface area contributed by atoms with Crippen molar-refractivity contribution in [3.8, 4) is 0 Å². The summed E-state index contributed by atoms with van der Waals surface area (Å²) < 4.78 is 0. The van der Waals surface area contributed by atoms with E-state index in [0.29, 0.717) is 25.1 Å². The van der Waals surface area contributed by atoms with Gasteiger partial charge < -0.3 is 21.6 Å². The molecule has 6 heteroatoms. The van der Waals surface area contributed by atoms with Crippen molar-refractivity contribution in [2.45, 2.75) is 26.3 Å². The van der Waals surface area contributed by atoms with Gasteiger partial charge in [-0.15, -0.1) is 0 Å². The molecule has 0 aromatic heterocycles. The number of amidine groups is 1. The summed E-state index contributed by atoms with van der Waals surface area (Å²) in [5, 5.41) is 17.4. The van der Waals surface area contributed by atoms with E-state index in [-0.39, 0.29) is 17.8 Å². The van der Waals surface area contributed by atoms with Crippen LogP contribution in [0.2, 0.25) is 0 Å². The molecule has 0 radical (unpaired) electrons. The van der Waals surface area contributed by atoms with Gasteiger partial charge in [0, 0.05) is 31.1 Å². The fraction of sp³-hybridized carbons (Fsp3) is 0.429. The molecule has 0 bridgehead atoms. The van der Waals surface area contributed by atoms with Gasteiger partial charge in [-0.3, -0.25) is 4.79 Å². The number of oxime groups is 1. The van der Waals surface area contributed by atoms with Crippen LogP contribution >= 0.6 is 0 Å². The van der Waals surface area contributed by atoms with Crippen LogP contribution in [0.15, 0.2) is 29.4 Å². The predicted molar refractivity (Wildman–Crippen MR) is 79.0 cm³/mol. The Bertz CT molecular complexity index is 457. The van der Waals surface area contributed by atoms with E-state index in [9.17, 15) is 4.79 Å². The summed E-state index contributed by atoms with van der Waals surface area (Å²) >= 11 is 0. The summed E-state index contributed by atoms with van der Waals surface area (Å²) in [6.45, 7) is 5.05. The van der Waals surface area contributed by atoms with Crippen molar-refractivity contribution in [1.82, 2.24) is 10.6 Å². The maximum Gasteiger partial charge on any atom is 0.251 e. The molecule has 1 aromatic carbocycles. The Morgan fingerprint density at radius 3 is 2.60 bits per heavy atom. The summed E-state index contributed by atoms with van der Waals surface area (Å²) in [5.74, 6) is 0.101. The second kappa shape index (κ2) is 8.16. The van der Waals surface area contributed by atoms with Gasteiger partial charge in [0.1, 0.15) is 5.84 Å². The highest BCUT2D eigenvalue weighted by atomic mass is 16.4. The first-order valence-electron chi connectivity index (χ1n) is 6.57. The molecule has 1 rings (SSSR count). The average molecular weight is 278 g/mol. The lowest BCUT2D eigenvalue weighted by atomic mass is 10.1. The van der Waals surface area contributed by atoms with Crippen molar-refractivity contribution < 1.29 is 10.0 Å². The first-order valence-corrected chi connectivity index (χ1v) is 6.57. The highest BCUT2D eigenvalue weighted by molar-refractivity contribution is 5.94. The number of nitrogens with two attached hydrogens (primary N) is 1. The lowest BCUT2D eigenvalue weighted by molar-refractivity contribution is 0.0953. The maximum atomic E-state index is 11.8. The van der Waals surface area contributed by atoms with Gasteiger partial charge in [0.05, 0.1) is 0 Å². The Labute approximate surface area is 119 Å². The highest BCUT2D eigenvalue weighted by Crippen LogP contribution is 2.02. The van der Waals surface area contributed by atoms with Crippen LogP contribution in [-0.4, -0.2) is 36.1 Å². The van der Waals surface area contributed by atoms with E-state index in [1.807, 2.05) is 26.0 Å². The quantitative estimate of drug-likeness (QED) is 0.195. The molecule has 1 atom stereocenters. The predicted octanol–water partition coefficient (Wildman–Crippen LogP) is 0.839. The molecular formula is C14H22N4O2. The molecule has 0 heterocycles. The molecule has 0 aliphatic rings. The second-order valence-electron chi connectivity index (χ2n) is 4.77. The first kappa shape index (κ1) is 16.0. The lowest BCUT2D eigenvalue weighted by Crippen LogP contribution is -2.37. The zero-order valence-corrected chi connectivity index (χ0v) is 11.9. The lowest BCUT2D eigenvalue weighted by Gasteiger charge is -2.13. The number of aryl methyl sites for hydroxylation is 1. The van der Waals surface area contributed by atoms with Gasteiger partial charge in [-0.05, 0) is 26.0 Å². The fourth-order valence-corrected chi connectivity index (χ4v) is 1.73. The number of hydrogen-bond acceptors (Lipinski definition) is 4. The van der Waals surface area contributed by atoms with Gasteiger partial charge in [0.15, 0.2) is 0 Å². The van der Waals surface area contributed by atoms with Crippen molar-refractivity contribution in [2.75, 3.05) is 13.1 Å². The Morgan fingerprint density at radius 1 is 1.35 bits per heavy atom. The van der Waals surface area contributed by atoms with Gasteiger partial charge in [-0.2, -0.15) is 0 Å². The zero-order chi connectivity index (χ0) is 15.0. The minimum atomic E-state index is -0.0871. The third-order valence-corrected chi connectivity index (χ3v) is 2.86. The van der Waals surface area contributed by atoms with E-state index < -0.39 is 0 Å². The minimum Gasteiger partial charge on any atom is -0.409 e. The molecule has 1 unspecified atom stereocenters. The van der Waals surface area contributed by atoms with Crippen LogP contribution in [0.3, 0.4) is 0 Å². The molecule has 0 aliphatic carbocycles. The summed E-state index contributed by atoms with van der Waals surface area (Å²) in [6.07, 6.45) is 0.461. The minimum absolute atomic E-state index is 0.0853. The number of carbonyl (C=O) groups excluding carboxylic acids is 1. The molecule has 0 saturated heterocycles. The SMILES string of the molecule is Cc1ccc(C(=O)NCCNC(C)CC(N)=NO)cc1. The molecule has 1 amide bonds. The number of amides is 1. The van der Waals surface area contributed by atoms with Crippen molar-refractivity contribution >= 4 is 11.7 Å². The molecule has 110 valence electrons. The number of rotatable bonds is 7. The van der Waals surface area contributed by atoms with E-state index in [4.69, 9.17) is 10.9 Å². The molecular weight excluding hydrogens is 256 g/mol. The van der Waals surface area contributed by atoms with Crippen molar-refractivity contribution in [1.29, 1.82) is 0 Å². The number of nitrogens with one attached hydrogen (secondary N) is 2. The van der Waals surface area contributed by atoms with E-state index in [1.54, 1.807) is 12.1 Å². The molecule has 5 N–H and O–H groups in total. The smallest absolute Gasteiger partial charge is 0.251 e. The molecule has 6 nitrogen and oxygen atoms in total. The number of hydrogen-bond donors (Lipinski definition) is 4. The van der Waals surface area contributed by atoms with E-state index in [2.05, 4.69) is 15.8 Å². The Balaban J connectivity index is 2.24. The average Bonchev–Trinajstić information content (AvgIpc) is 2.44. The molecule has 20 heavy (non-hydrogen) atoms. The van der Waals surface area contributed by atoms with Gasteiger partial charge in [0.25, 0.3) is 5.91 Å². The number of nitrogens with zero attached hydrogens (tertiary/aromatic N) is 1. The van der Waals surface area contributed by atoms with Gasteiger partial charge in [-0.25, -0.2) is 0 Å². The maximum absolute atomic E-state index is 11.8. The standard InChI is InChI=1S/C14H22N4O2/c1-10-3-5-12(6-4-10)14(19)17-8-7-16-11(2)9-13(15)18-20/h3-6,11,16,20H,7-9H2,1-2H3,(H2,15,18)(H,17,19). The number of benzene rings is 1. The first-order chi connectivity index (χ1) is 9.52. The Hall–Kier alpha value is -2.08. The van der Waals surface area contributed by atoms with E-state index in [1.165, 1.54) is 0 Å². The Kier molecular flexibility index (Phi) is 6.52. The molecule has 1 aromatic rings. The molecule has 0 fully saturated rings. The summed E-state index contributed by atoms with van der Waals surface area (Å²) in [4.78, 5) is 11.8. The van der Waals surface area contributed by atoms with Gasteiger partial charge in [-0.1, -0.05) is 22.9 Å². The van der Waals surface area contributed by atoms with Crippen molar-refractivity contribution in [3.05, 3.63) is 35.4 Å². The van der Waals surface area contributed by atoms with Crippen LogP contribution in [0.5, 0.6) is 0 Å². The van der Waals surface area contributed by atoms with E-state index in [0.717, 1.165) is 5.56 Å². The van der Waals surface area contributed by atoms with Crippen LogP contribution in [0.25, 0.3) is 0 Å². The van der Waals surface area contributed by atoms with E-state index >= 15 is 0 Å². The Morgan fingerprint density at radius 2 is 2.00 bits per heavy atom. The van der Waals surface area contributed by atoms with Crippen LogP contribution in [0.1, 0.15) is 29.3 Å². The third kappa shape index (κ3) is 5.71. The zero-order valence-electron chi connectivity index (χ0n) is 11.9. The summed E-state index contributed by atoms with van der Waals surface area (Å²) in [5.41, 5.74) is 7.18. The fourth-order valence-electron chi connectivity index (χ4n) is 1.73. The summed E-state index contributed by atoms with van der Waals surface area (Å²) in [7, 11) is 0. The topological polar surface area (TPSA) is 99.7 Å². The molecule has 0 spiro atoms. The normalized spacial score (nSPS) is 13.0. The molecule has 0 saturated carbocycles. The number of carbonyl (C=O) groups is 1. The van der Waals surface area contributed by atoms with Gasteiger partial charge >= 0.3 is 0 Å². The third-order valence-electron chi connectivity index (χ3n) is 2.86. The van der Waals surface area contributed by atoms with Crippen molar-refractivity contribution in [2.24, 2.45) is 10.9 Å².